The number of fused-ring (bicyclic) bond motifs is 4. The third kappa shape index (κ3) is 4.08. The third-order valence-corrected chi connectivity index (χ3v) is 7.23. The van der Waals surface area contributed by atoms with Gasteiger partial charge in [-0.3, -0.25) is 0 Å². The normalized spacial score (nSPS) is 20.4. The van der Waals surface area contributed by atoms with E-state index in [2.05, 4.69) is 13.8 Å². The minimum Gasteiger partial charge on any atom is -0.493 e. The number of allylic oxidation sites excluding steroid dienone is 1. The number of rotatable bonds is 6. The summed E-state index contributed by atoms with van der Waals surface area (Å²) in [7, 11) is 6.35. The van der Waals surface area contributed by atoms with E-state index in [9.17, 15) is 4.79 Å². The van der Waals surface area contributed by atoms with Gasteiger partial charge in [-0.2, -0.15) is 0 Å². The van der Waals surface area contributed by atoms with Crippen LogP contribution < -0.4 is 28.4 Å². The number of hydrogen-bond acceptors (Lipinski definition) is 8. The van der Waals surface area contributed by atoms with Crippen LogP contribution in [0.3, 0.4) is 0 Å². The average molecular weight is 499 g/mol. The molecule has 0 radical (unpaired) electrons. The van der Waals surface area contributed by atoms with Crippen molar-refractivity contribution in [3.8, 4) is 45.6 Å². The Morgan fingerprint density at radius 3 is 2.25 bits per heavy atom. The smallest absolute Gasteiger partial charge is 0.333 e. The van der Waals surface area contributed by atoms with Crippen molar-refractivity contribution < 1.29 is 38.0 Å². The van der Waals surface area contributed by atoms with Crippen molar-refractivity contribution in [2.75, 3.05) is 35.2 Å². The zero-order chi connectivity index (χ0) is 26.1. The quantitative estimate of drug-likeness (QED) is 0.382. The van der Waals surface area contributed by atoms with E-state index < -0.39 is 6.10 Å². The zero-order valence-electron chi connectivity index (χ0n) is 22.1. The van der Waals surface area contributed by atoms with Gasteiger partial charge in [0.1, 0.15) is 6.10 Å². The fraction of sp³-hybridized carbons (Fsp3) is 0.464. The maximum absolute atomic E-state index is 13.0. The monoisotopic (exact) mass is 498 g/mol. The van der Waals surface area contributed by atoms with E-state index in [0.29, 0.717) is 52.1 Å². The first-order valence-corrected chi connectivity index (χ1v) is 12.0. The molecule has 2 aromatic carbocycles. The Balaban J connectivity index is 2.12. The Kier molecular flexibility index (Phi) is 7.24. The molecule has 1 heterocycles. The highest BCUT2D eigenvalue weighted by molar-refractivity contribution is 5.90. The Labute approximate surface area is 212 Å². The predicted octanol–water partition coefficient (Wildman–Crippen LogP) is 5.50. The fourth-order valence-corrected chi connectivity index (χ4v) is 4.96. The van der Waals surface area contributed by atoms with Crippen LogP contribution in [0.15, 0.2) is 23.8 Å². The minimum atomic E-state index is -0.577. The molecule has 0 bridgehead atoms. The predicted molar refractivity (Wildman–Crippen MR) is 135 cm³/mol. The van der Waals surface area contributed by atoms with Gasteiger partial charge in [0.2, 0.25) is 18.3 Å². The fourth-order valence-electron chi connectivity index (χ4n) is 4.96. The van der Waals surface area contributed by atoms with Gasteiger partial charge < -0.3 is 33.2 Å². The molecule has 4 rings (SSSR count). The Morgan fingerprint density at radius 1 is 0.944 bits per heavy atom. The SMILES string of the molecule is C/C=C(\C)C(=O)OC1c2cc3c(c(OC)c2-c2c(cc(OC)c(OC)c2OC)CC(C)C1C)OCO3. The van der Waals surface area contributed by atoms with E-state index in [1.165, 1.54) is 0 Å². The average Bonchev–Trinajstić information content (AvgIpc) is 3.36. The summed E-state index contributed by atoms with van der Waals surface area (Å²) in [5.74, 6) is 2.79. The zero-order valence-corrected chi connectivity index (χ0v) is 22.1. The number of esters is 1. The van der Waals surface area contributed by atoms with Gasteiger partial charge in [0, 0.05) is 28.2 Å². The molecule has 0 aromatic heterocycles. The summed E-state index contributed by atoms with van der Waals surface area (Å²) in [6, 6.07) is 3.86. The van der Waals surface area contributed by atoms with E-state index in [1.54, 1.807) is 41.4 Å². The molecule has 3 unspecified atom stereocenters. The summed E-state index contributed by atoms with van der Waals surface area (Å²) < 4.78 is 41.0. The number of ether oxygens (including phenoxy) is 7. The van der Waals surface area contributed by atoms with Crippen LogP contribution in [0.5, 0.6) is 34.5 Å². The number of carbonyl (C=O) groups excluding carboxylic acids is 1. The highest BCUT2D eigenvalue weighted by Gasteiger charge is 2.40. The molecule has 36 heavy (non-hydrogen) atoms. The van der Waals surface area contributed by atoms with Crippen LogP contribution in [0.4, 0.5) is 0 Å². The summed E-state index contributed by atoms with van der Waals surface area (Å²) in [6.07, 6.45) is 1.85. The second-order valence-electron chi connectivity index (χ2n) is 9.13. The van der Waals surface area contributed by atoms with Crippen LogP contribution in [0, 0.1) is 11.8 Å². The van der Waals surface area contributed by atoms with Gasteiger partial charge in [0.05, 0.1) is 28.4 Å². The molecular weight excluding hydrogens is 464 g/mol. The molecular formula is C28H34O8. The molecule has 3 atom stereocenters. The molecule has 1 aliphatic carbocycles. The summed E-state index contributed by atoms with van der Waals surface area (Å²) in [5.41, 5.74) is 3.78. The topological polar surface area (TPSA) is 81.7 Å². The summed E-state index contributed by atoms with van der Waals surface area (Å²) >= 11 is 0. The van der Waals surface area contributed by atoms with Gasteiger partial charge >= 0.3 is 5.97 Å². The largest absolute Gasteiger partial charge is 0.493 e. The number of benzene rings is 2. The molecule has 194 valence electrons. The highest BCUT2D eigenvalue weighted by Crippen LogP contribution is 2.58. The molecule has 0 saturated heterocycles. The first-order valence-electron chi connectivity index (χ1n) is 12.0. The van der Waals surface area contributed by atoms with E-state index >= 15 is 0 Å². The second kappa shape index (κ2) is 10.2. The van der Waals surface area contributed by atoms with Crippen LogP contribution in [0.1, 0.15) is 44.9 Å². The molecule has 2 aliphatic rings. The molecule has 0 fully saturated rings. The van der Waals surface area contributed by atoms with Gasteiger partial charge in [-0.25, -0.2) is 4.79 Å². The molecule has 0 saturated carbocycles. The van der Waals surface area contributed by atoms with E-state index in [-0.39, 0.29) is 24.6 Å². The van der Waals surface area contributed by atoms with E-state index in [0.717, 1.165) is 16.7 Å². The van der Waals surface area contributed by atoms with Crippen molar-refractivity contribution in [1.82, 2.24) is 0 Å². The minimum absolute atomic E-state index is 0.0327. The number of methoxy groups -OCH3 is 4. The lowest BCUT2D eigenvalue weighted by molar-refractivity contribution is -0.148. The van der Waals surface area contributed by atoms with Gasteiger partial charge in [-0.1, -0.05) is 19.9 Å². The molecule has 2 aromatic rings. The van der Waals surface area contributed by atoms with Crippen molar-refractivity contribution in [3.63, 3.8) is 0 Å². The third-order valence-electron chi connectivity index (χ3n) is 7.23. The summed E-state index contributed by atoms with van der Waals surface area (Å²) in [5, 5.41) is 0. The lowest BCUT2D eigenvalue weighted by atomic mass is 9.75. The Morgan fingerprint density at radius 2 is 1.64 bits per heavy atom. The van der Waals surface area contributed by atoms with Crippen molar-refractivity contribution in [1.29, 1.82) is 0 Å². The molecule has 0 N–H and O–H groups in total. The Bertz CT molecular complexity index is 1200. The molecule has 8 nitrogen and oxygen atoms in total. The molecule has 0 amide bonds. The van der Waals surface area contributed by atoms with Crippen molar-refractivity contribution in [2.24, 2.45) is 11.8 Å². The summed E-state index contributed by atoms with van der Waals surface area (Å²) in [4.78, 5) is 13.0. The van der Waals surface area contributed by atoms with E-state index in [4.69, 9.17) is 33.2 Å². The standard InChI is InChI=1S/C28H34O8/c1-9-14(2)28(29)36-23-16(4)15(3)10-17-11-19(30-5)24(31-6)26(32-7)21(17)22-18(23)12-20-25(27(22)33-8)35-13-34-20/h9,11-12,15-16,23H,10,13H2,1-8H3/b14-9+. The van der Waals surface area contributed by atoms with Gasteiger partial charge in [0.25, 0.3) is 0 Å². The van der Waals surface area contributed by atoms with Crippen molar-refractivity contribution in [3.05, 3.63) is 34.9 Å². The number of carbonyl (C=O) groups is 1. The van der Waals surface area contributed by atoms with Crippen molar-refractivity contribution in [2.45, 2.75) is 40.2 Å². The van der Waals surface area contributed by atoms with Crippen LogP contribution >= 0.6 is 0 Å². The van der Waals surface area contributed by atoms with Gasteiger partial charge in [-0.05, 0) is 43.9 Å². The maximum atomic E-state index is 13.0. The van der Waals surface area contributed by atoms with Crippen LogP contribution in [-0.4, -0.2) is 41.2 Å². The van der Waals surface area contributed by atoms with Crippen LogP contribution in [0.25, 0.3) is 11.1 Å². The van der Waals surface area contributed by atoms with Crippen molar-refractivity contribution >= 4 is 5.97 Å². The second-order valence-corrected chi connectivity index (χ2v) is 9.13. The maximum Gasteiger partial charge on any atom is 0.333 e. The number of hydrogen-bond donors (Lipinski definition) is 0. The van der Waals surface area contributed by atoms with Crippen LogP contribution in [0.2, 0.25) is 0 Å². The molecule has 0 spiro atoms. The first kappa shape index (κ1) is 25.5. The van der Waals surface area contributed by atoms with Gasteiger partial charge in [-0.15, -0.1) is 0 Å². The first-order chi connectivity index (χ1) is 17.3. The molecule has 8 heteroatoms. The van der Waals surface area contributed by atoms with E-state index in [1.807, 2.05) is 19.1 Å². The lowest BCUT2D eigenvalue weighted by Crippen LogP contribution is -2.27. The van der Waals surface area contributed by atoms with Crippen LogP contribution in [-0.2, 0) is 16.0 Å². The molecule has 1 aliphatic heterocycles. The van der Waals surface area contributed by atoms with Gasteiger partial charge in [0.15, 0.2) is 23.0 Å². The lowest BCUT2D eigenvalue weighted by Gasteiger charge is -2.35. The Hall–Kier alpha value is -3.55. The summed E-state index contributed by atoms with van der Waals surface area (Å²) in [6.45, 7) is 7.87. The highest BCUT2D eigenvalue weighted by atomic mass is 16.7.